The molecule has 1 atom stereocenters. The largest absolute Gasteiger partial charge is 0.422 e. The molecule has 6 aliphatic rings. The van der Waals surface area contributed by atoms with Crippen LogP contribution in [-0.4, -0.2) is 43.4 Å². The molecule has 0 aliphatic carbocycles. The molecule has 3 aromatic rings. The zero-order chi connectivity index (χ0) is 52.8. The van der Waals surface area contributed by atoms with Gasteiger partial charge in [0.25, 0.3) is 22.6 Å². The topological polar surface area (TPSA) is 141 Å². The van der Waals surface area contributed by atoms with Gasteiger partial charge in [-0.1, -0.05) is 240 Å². The van der Waals surface area contributed by atoms with Crippen molar-refractivity contribution in [2.75, 3.05) is 0 Å². The minimum absolute atomic E-state index is 0.0156. The van der Waals surface area contributed by atoms with Crippen molar-refractivity contribution in [3.63, 3.8) is 0 Å². The monoisotopic (exact) mass is 1420 g/mol. The van der Waals surface area contributed by atoms with E-state index in [-0.39, 0.29) is 35.7 Å². The maximum atomic E-state index is 11.5. The number of halogens is 19. The summed E-state index contributed by atoms with van der Waals surface area (Å²) in [7, 11) is 0. The number of hydrogen-bond acceptors (Lipinski definition) is 11. The number of rotatable bonds is 0. The van der Waals surface area contributed by atoms with Gasteiger partial charge in [0.2, 0.25) is 4.52 Å². The summed E-state index contributed by atoms with van der Waals surface area (Å²) < 4.78 is 19.5. The summed E-state index contributed by atoms with van der Waals surface area (Å²) in [5.74, 6) is -2.80. The normalized spacial score (nSPS) is 22.4. The van der Waals surface area contributed by atoms with Crippen LogP contribution in [0.2, 0.25) is 20.1 Å². The predicted octanol–water partition coefficient (Wildman–Crippen LogP) is 17.1. The fraction of sp³-hybridized carbons (Fsp3) is 0.256. The lowest BCUT2D eigenvalue weighted by molar-refractivity contribution is -0.139. The first-order valence-corrected chi connectivity index (χ1v) is 25.6. The fourth-order valence-corrected chi connectivity index (χ4v) is 10.4. The summed E-state index contributed by atoms with van der Waals surface area (Å²) in [6.45, 7) is 5.02. The number of hydrogen-bond donors (Lipinski definition) is 0. The summed E-state index contributed by atoms with van der Waals surface area (Å²) in [4.78, 5) is 54.2. The second kappa shape index (κ2) is 23.1. The first-order valence-electron chi connectivity index (χ1n) is 17.6. The van der Waals surface area contributed by atoms with Crippen LogP contribution in [0.25, 0.3) is 0 Å². The molecule has 9 rings (SSSR count). The number of alkyl halides is 13. The van der Waals surface area contributed by atoms with Gasteiger partial charge in [-0.25, -0.2) is 24.0 Å². The fourth-order valence-electron chi connectivity index (χ4n) is 5.36. The van der Waals surface area contributed by atoms with Gasteiger partial charge < -0.3 is 28.4 Å². The van der Waals surface area contributed by atoms with Crippen LogP contribution in [0, 0.1) is 0 Å². The van der Waals surface area contributed by atoms with Crippen molar-refractivity contribution in [1.82, 2.24) is 0 Å². The molecule has 6 aliphatic heterocycles. The van der Waals surface area contributed by atoms with Gasteiger partial charge in [0.15, 0.2) is 5.06 Å². The van der Waals surface area contributed by atoms with Gasteiger partial charge in [-0.15, -0.1) is 0 Å². The van der Waals surface area contributed by atoms with Crippen LogP contribution < -0.4 is 0 Å². The Labute approximate surface area is 493 Å². The Morgan fingerprint density at radius 1 is 0.493 bits per heavy atom. The van der Waals surface area contributed by atoms with Crippen molar-refractivity contribution < 1.29 is 52.4 Å². The Balaban J connectivity index is 0.000000183. The molecule has 0 spiro atoms. The van der Waals surface area contributed by atoms with Crippen LogP contribution in [0.3, 0.4) is 0 Å². The van der Waals surface area contributed by atoms with Gasteiger partial charge in [0.1, 0.15) is 4.48 Å². The molecule has 1 unspecified atom stereocenters. The highest BCUT2D eigenvalue weighted by Gasteiger charge is 2.50. The number of cyclic esters (lactones) is 5. The number of carbonyl (C=O) groups excluding carboxylic acids is 5. The molecular formula is C39H19Br2Cl17O11. The Morgan fingerprint density at radius 2 is 0.971 bits per heavy atom. The van der Waals surface area contributed by atoms with Crippen LogP contribution in [0.15, 0.2) is 80.8 Å². The Bertz CT molecular complexity index is 2640. The number of fused-ring (bicyclic) bond motifs is 3. The highest BCUT2D eigenvalue weighted by atomic mass is 79.9. The Hall–Kier alpha value is 0.0800. The minimum atomic E-state index is -1.90. The number of carbonyl (C=O) groups is 5. The van der Waals surface area contributed by atoms with Gasteiger partial charge in [-0.2, -0.15) is 0 Å². The number of benzene rings is 3. The molecule has 0 N–H and O–H groups in total. The third-order valence-corrected chi connectivity index (χ3v) is 16.8. The molecule has 69 heavy (non-hydrogen) atoms. The van der Waals surface area contributed by atoms with Crippen LogP contribution in [0.4, 0.5) is 0 Å². The average Bonchev–Trinajstić information content (AvgIpc) is 3.94. The Kier molecular flexibility index (Phi) is 20.7. The van der Waals surface area contributed by atoms with Gasteiger partial charge in [-0.3, -0.25) is 0 Å². The molecule has 0 amide bonds. The van der Waals surface area contributed by atoms with Gasteiger partial charge >= 0.3 is 29.8 Å². The standard InChI is InChI=1S/C9H7Cl3O.C8Cl6O2.C8H4Cl2O2.C6H6Cl2O2.C4Br2Cl2O2.C4H2Cl2O2/c1-8(10)6-4-2-3-5-7(6)9(11,12)13-8;9-3-1-2(4(10)6(12)5(3)11)8(13,14)16-7(1)15;9-8(10)6-4-2-1-3-5(6)7(11)12-8;1-3-4(2)6(7,8)10-5(3)9;5-1-2(6)4(7,8)10-3(1)9;5-4(6)2-1-3(7)8-4/h2-5H,1H3;;1-4H;1-2H3;;1-2H. The number of ether oxygens (including phenoxy) is 6. The molecule has 6 heterocycles. The van der Waals surface area contributed by atoms with E-state index in [1.54, 1.807) is 45.0 Å². The van der Waals surface area contributed by atoms with Crippen molar-refractivity contribution >= 4 is 259 Å². The van der Waals surface area contributed by atoms with E-state index in [1.165, 1.54) is 12.2 Å². The third-order valence-electron chi connectivity index (χ3n) is 8.73. The van der Waals surface area contributed by atoms with Gasteiger partial charge in [0, 0.05) is 33.9 Å². The summed E-state index contributed by atoms with van der Waals surface area (Å²) >= 11 is 103. The lowest BCUT2D eigenvalue weighted by Crippen LogP contribution is -2.16. The second-order valence-corrected chi connectivity index (χ2v) is 24.9. The van der Waals surface area contributed by atoms with E-state index in [1.807, 2.05) is 24.3 Å². The molecule has 0 aromatic heterocycles. The van der Waals surface area contributed by atoms with E-state index in [4.69, 9.17) is 211 Å². The third kappa shape index (κ3) is 14.5. The number of esters is 5. The molecule has 0 saturated heterocycles. The quantitative estimate of drug-likeness (QED) is 0.0698. The minimum Gasteiger partial charge on any atom is -0.422 e. The molecule has 11 nitrogen and oxygen atoms in total. The molecule has 0 saturated carbocycles. The van der Waals surface area contributed by atoms with E-state index in [9.17, 15) is 24.0 Å². The summed E-state index contributed by atoms with van der Waals surface area (Å²) in [6.07, 6.45) is 2.46. The maximum absolute atomic E-state index is 11.5. The zero-order valence-corrected chi connectivity index (χ0v) is 49.5. The highest BCUT2D eigenvalue weighted by Crippen LogP contribution is 2.55. The van der Waals surface area contributed by atoms with Crippen LogP contribution in [-0.2, 0) is 61.4 Å². The van der Waals surface area contributed by atoms with Crippen molar-refractivity contribution in [2.45, 2.75) is 52.9 Å². The highest BCUT2D eigenvalue weighted by molar-refractivity contribution is 9.14. The van der Waals surface area contributed by atoms with Crippen molar-refractivity contribution in [1.29, 1.82) is 0 Å². The van der Waals surface area contributed by atoms with Crippen molar-refractivity contribution in [2.24, 2.45) is 0 Å². The summed E-state index contributed by atoms with van der Waals surface area (Å²) in [6, 6.07) is 14.2. The van der Waals surface area contributed by atoms with Crippen molar-refractivity contribution in [3.05, 3.63) is 134 Å². The van der Waals surface area contributed by atoms with E-state index in [0.717, 1.165) is 11.1 Å². The molecule has 30 heteroatoms. The van der Waals surface area contributed by atoms with Crippen molar-refractivity contribution in [3.8, 4) is 0 Å². The average molecular weight is 1430 g/mol. The van der Waals surface area contributed by atoms with E-state index in [2.05, 4.69) is 46.1 Å². The lowest BCUT2D eigenvalue weighted by atomic mass is 10.1. The SMILES string of the molecule is CC1(Cl)OC(Cl)(Cl)c2ccccc21.CC1=C(C)C(Cl)(Cl)OC1=O.O=C1C=CC(Cl)(Cl)O1.O=C1OC(Cl)(Cl)C(Br)=C1Br.O=C1OC(Cl)(Cl)c2c(Cl)c(Cl)c(Cl)c(Cl)c21.O=C1OC(Cl)(Cl)c2ccccc21. The second-order valence-electron chi connectivity index (χ2n) is 13.5. The lowest BCUT2D eigenvalue weighted by Gasteiger charge is -2.18. The van der Waals surface area contributed by atoms with Crippen LogP contribution in [0.5, 0.6) is 0 Å². The van der Waals surface area contributed by atoms with Crippen LogP contribution >= 0.6 is 229 Å². The van der Waals surface area contributed by atoms with Gasteiger partial charge in [0.05, 0.1) is 41.3 Å². The summed E-state index contributed by atoms with van der Waals surface area (Å²) in [5.41, 5.74) is 3.50. The first-order chi connectivity index (χ1) is 31.3. The summed E-state index contributed by atoms with van der Waals surface area (Å²) in [5, 5.41) is -1.15. The van der Waals surface area contributed by atoms with E-state index < -0.39 is 62.0 Å². The van der Waals surface area contributed by atoms with E-state index in [0.29, 0.717) is 26.8 Å². The molecule has 374 valence electrons. The molecule has 0 radical (unpaired) electrons. The molecule has 0 bridgehead atoms. The zero-order valence-electron chi connectivity index (χ0n) is 33.4. The molecular weight excluding hydrogens is 1410 g/mol. The first kappa shape index (κ1) is 61.6. The van der Waals surface area contributed by atoms with Gasteiger partial charge in [-0.05, 0) is 64.8 Å². The maximum Gasteiger partial charge on any atom is 0.349 e. The van der Waals surface area contributed by atoms with E-state index >= 15 is 0 Å². The van der Waals surface area contributed by atoms with Crippen LogP contribution in [0.1, 0.15) is 63.7 Å². The molecule has 3 aromatic carbocycles. The predicted molar refractivity (Wildman–Crippen MR) is 279 cm³/mol. The molecule has 0 fully saturated rings. The smallest absolute Gasteiger partial charge is 0.349 e. The Morgan fingerprint density at radius 3 is 1.35 bits per heavy atom.